The molecule has 0 saturated heterocycles. The summed E-state index contributed by atoms with van der Waals surface area (Å²) in [5.41, 5.74) is 3.93. The second-order valence-corrected chi connectivity index (χ2v) is 5.99. The normalized spacial score (nSPS) is 10.2. The van der Waals surface area contributed by atoms with Gasteiger partial charge in [0.2, 0.25) is 0 Å². The van der Waals surface area contributed by atoms with E-state index in [1.807, 2.05) is 54.6 Å². The van der Waals surface area contributed by atoms with Crippen molar-refractivity contribution < 1.29 is 4.74 Å². The minimum atomic E-state index is 0.413. The molecule has 0 unspecified atom stereocenters. The van der Waals surface area contributed by atoms with Gasteiger partial charge in [-0.15, -0.1) is 0 Å². The summed E-state index contributed by atoms with van der Waals surface area (Å²) in [6, 6.07) is 19.1. The molecule has 24 heavy (non-hydrogen) atoms. The van der Waals surface area contributed by atoms with Gasteiger partial charge in [0.1, 0.15) is 16.5 Å². The second-order valence-electron chi connectivity index (χ2n) is 5.15. The van der Waals surface area contributed by atoms with Gasteiger partial charge in [-0.3, -0.25) is 0 Å². The maximum Gasteiger partial charge on any atom is 0.122 e. The van der Waals surface area contributed by atoms with Crippen molar-refractivity contribution in [1.29, 1.82) is 5.26 Å². The zero-order chi connectivity index (χ0) is 17.1. The van der Waals surface area contributed by atoms with Gasteiger partial charge in [0.05, 0.1) is 12.7 Å². The van der Waals surface area contributed by atoms with E-state index in [4.69, 9.17) is 28.6 Å². The number of benzene rings is 2. The summed E-state index contributed by atoms with van der Waals surface area (Å²) >= 11 is 11.3. The van der Waals surface area contributed by atoms with E-state index in [0.717, 1.165) is 28.1 Å². The fourth-order valence-corrected chi connectivity index (χ4v) is 2.85. The first-order valence-electron chi connectivity index (χ1n) is 7.20. The topological polar surface area (TPSA) is 48.8 Å². The second kappa shape index (κ2) is 6.88. The monoisotopic (exact) mass is 352 g/mol. The van der Waals surface area contributed by atoms with E-state index in [-0.39, 0.29) is 0 Å². The summed E-state index contributed by atoms with van der Waals surface area (Å²) in [5.74, 6) is 0.760. The van der Waals surface area contributed by atoms with Crippen molar-refractivity contribution in [2.45, 2.75) is 0 Å². The summed E-state index contributed by atoms with van der Waals surface area (Å²) < 4.78 is 5.60. The lowest BCUT2D eigenvalue weighted by Crippen LogP contribution is -1.93. The van der Waals surface area contributed by atoms with Crippen LogP contribution in [-0.2, 0) is 0 Å². The van der Waals surface area contributed by atoms with Crippen molar-refractivity contribution in [3.63, 3.8) is 0 Å². The zero-order valence-electron chi connectivity index (χ0n) is 12.8. The number of pyridine rings is 1. The minimum Gasteiger partial charge on any atom is -0.497 e. The number of rotatable bonds is 3. The Morgan fingerprint density at radius 2 is 1.67 bits per heavy atom. The molecule has 0 amide bonds. The van der Waals surface area contributed by atoms with E-state index >= 15 is 0 Å². The number of nitrogens with zero attached hydrogens (tertiary/aromatic N) is 1. The highest BCUT2D eigenvalue weighted by atomic mass is 35.5. The first-order valence-corrected chi connectivity index (χ1v) is 7.99. The SMILES string of the molecule is COc1ccc(-c2cc(-c3ccc(Cl)cc3)[nH]c(=S)c2C#N)cc1. The molecular weight excluding hydrogens is 340 g/mol. The average Bonchev–Trinajstić information content (AvgIpc) is 2.61. The maximum atomic E-state index is 9.48. The zero-order valence-corrected chi connectivity index (χ0v) is 14.4. The number of hydrogen-bond donors (Lipinski definition) is 1. The Morgan fingerprint density at radius 1 is 1.04 bits per heavy atom. The van der Waals surface area contributed by atoms with Gasteiger partial charge in [-0.2, -0.15) is 5.26 Å². The first kappa shape index (κ1) is 16.3. The maximum absolute atomic E-state index is 9.48. The highest BCUT2D eigenvalue weighted by Gasteiger charge is 2.11. The minimum absolute atomic E-state index is 0.413. The van der Waals surface area contributed by atoms with Crippen LogP contribution in [0.25, 0.3) is 22.4 Å². The number of halogens is 1. The molecule has 3 aromatic rings. The van der Waals surface area contributed by atoms with Crippen molar-refractivity contribution in [3.05, 3.63) is 69.8 Å². The lowest BCUT2D eigenvalue weighted by Gasteiger charge is -2.10. The summed E-state index contributed by atoms with van der Waals surface area (Å²) in [4.78, 5) is 3.12. The molecule has 0 aliphatic carbocycles. The summed E-state index contributed by atoms with van der Waals surface area (Å²) in [7, 11) is 1.62. The molecule has 1 heterocycles. The number of nitriles is 1. The molecule has 0 fully saturated rings. The summed E-state index contributed by atoms with van der Waals surface area (Å²) in [5, 5.41) is 10.1. The van der Waals surface area contributed by atoms with Crippen LogP contribution in [0.4, 0.5) is 0 Å². The largest absolute Gasteiger partial charge is 0.497 e. The lowest BCUT2D eigenvalue weighted by atomic mass is 9.99. The Bertz CT molecular complexity index is 970. The highest BCUT2D eigenvalue weighted by Crippen LogP contribution is 2.30. The molecule has 3 nitrogen and oxygen atoms in total. The lowest BCUT2D eigenvalue weighted by molar-refractivity contribution is 0.415. The molecule has 2 aromatic carbocycles. The molecule has 0 aliphatic heterocycles. The van der Waals surface area contributed by atoms with Gasteiger partial charge in [-0.1, -0.05) is 48.1 Å². The van der Waals surface area contributed by atoms with Crippen LogP contribution in [0.2, 0.25) is 5.02 Å². The predicted molar refractivity (Wildman–Crippen MR) is 98.8 cm³/mol. The van der Waals surface area contributed by atoms with Crippen LogP contribution < -0.4 is 4.74 Å². The summed E-state index contributed by atoms with van der Waals surface area (Å²) in [6.07, 6.45) is 0. The van der Waals surface area contributed by atoms with Crippen molar-refractivity contribution in [3.8, 4) is 34.2 Å². The van der Waals surface area contributed by atoms with E-state index in [1.54, 1.807) is 7.11 Å². The van der Waals surface area contributed by atoms with E-state index in [1.165, 1.54) is 0 Å². The Labute approximate surface area is 150 Å². The molecule has 0 aliphatic rings. The third-order valence-corrected chi connectivity index (χ3v) is 4.26. The Hall–Kier alpha value is -2.61. The quantitative estimate of drug-likeness (QED) is 0.623. The molecule has 3 rings (SSSR count). The predicted octanol–water partition coefficient (Wildman–Crippen LogP) is 5.61. The van der Waals surface area contributed by atoms with Crippen molar-refractivity contribution >= 4 is 23.8 Å². The van der Waals surface area contributed by atoms with Crippen molar-refractivity contribution in [1.82, 2.24) is 4.98 Å². The van der Waals surface area contributed by atoms with Crippen LogP contribution >= 0.6 is 23.8 Å². The first-order chi connectivity index (χ1) is 11.6. The van der Waals surface area contributed by atoms with Crippen molar-refractivity contribution in [2.75, 3.05) is 7.11 Å². The Morgan fingerprint density at radius 3 is 2.25 bits per heavy atom. The van der Waals surface area contributed by atoms with Crippen LogP contribution in [0.3, 0.4) is 0 Å². The molecular formula is C19H13ClN2OS. The van der Waals surface area contributed by atoms with Gasteiger partial charge in [-0.25, -0.2) is 0 Å². The Balaban J connectivity index is 2.18. The number of aromatic amines is 1. The van der Waals surface area contributed by atoms with Gasteiger partial charge in [0.15, 0.2) is 0 Å². The standard InChI is InChI=1S/C19H13ClN2OS/c1-23-15-8-4-12(5-9-15)16-10-18(22-19(24)17(16)11-21)13-2-6-14(20)7-3-13/h2-10H,1H3,(H,22,24). The van der Waals surface area contributed by atoms with Gasteiger partial charge < -0.3 is 9.72 Å². The Kier molecular flexibility index (Phi) is 4.66. The van der Waals surface area contributed by atoms with Crippen molar-refractivity contribution in [2.24, 2.45) is 0 Å². The van der Waals surface area contributed by atoms with Gasteiger partial charge in [0, 0.05) is 16.3 Å². The molecule has 0 radical (unpaired) electrons. The van der Waals surface area contributed by atoms with Gasteiger partial charge in [0.25, 0.3) is 0 Å². The fraction of sp³-hybridized carbons (Fsp3) is 0.0526. The third-order valence-electron chi connectivity index (χ3n) is 3.70. The number of methoxy groups -OCH3 is 1. The van der Waals surface area contributed by atoms with Crippen LogP contribution in [0.5, 0.6) is 5.75 Å². The number of ether oxygens (including phenoxy) is 1. The highest BCUT2D eigenvalue weighted by molar-refractivity contribution is 7.71. The molecule has 0 bridgehead atoms. The van der Waals surface area contributed by atoms with E-state index < -0.39 is 0 Å². The molecule has 0 atom stereocenters. The van der Waals surface area contributed by atoms with Crippen LogP contribution in [0.1, 0.15) is 5.56 Å². The van der Waals surface area contributed by atoms with E-state index in [0.29, 0.717) is 15.2 Å². The van der Waals surface area contributed by atoms with Gasteiger partial charge in [-0.05, 0) is 41.5 Å². The smallest absolute Gasteiger partial charge is 0.122 e. The molecule has 0 spiro atoms. The van der Waals surface area contributed by atoms with Crippen LogP contribution in [0, 0.1) is 16.0 Å². The van der Waals surface area contributed by atoms with Crippen LogP contribution in [0.15, 0.2) is 54.6 Å². The third kappa shape index (κ3) is 3.18. The number of H-pyrrole nitrogens is 1. The molecule has 1 aromatic heterocycles. The summed E-state index contributed by atoms with van der Waals surface area (Å²) in [6.45, 7) is 0. The molecule has 0 saturated carbocycles. The molecule has 118 valence electrons. The van der Waals surface area contributed by atoms with E-state index in [2.05, 4.69) is 11.1 Å². The molecule has 1 N–H and O–H groups in total. The number of aromatic nitrogens is 1. The molecule has 5 heteroatoms. The fourth-order valence-electron chi connectivity index (χ4n) is 2.45. The van der Waals surface area contributed by atoms with Gasteiger partial charge >= 0.3 is 0 Å². The number of hydrogen-bond acceptors (Lipinski definition) is 3. The number of nitrogens with one attached hydrogen (secondary N) is 1. The average molecular weight is 353 g/mol. The van der Waals surface area contributed by atoms with E-state index in [9.17, 15) is 5.26 Å². The van der Waals surface area contributed by atoms with Crippen LogP contribution in [-0.4, -0.2) is 12.1 Å².